The van der Waals surface area contributed by atoms with Gasteiger partial charge in [-0.05, 0) is 6.92 Å². The SMILES string of the molecule is C[C@H](N)C(=O)Nc1cnn(CC(F)F)c1. The predicted molar refractivity (Wildman–Crippen MR) is 50.5 cm³/mol. The van der Waals surface area contributed by atoms with Crippen molar-refractivity contribution < 1.29 is 13.6 Å². The van der Waals surface area contributed by atoms with E-state index in [2.05, 4.69) is 10.4 Å². The average Bonchev–Trinajstić information content (AvgIpc) is 2.51. The molecule has 0 radical (unpaired) electrons. The molecule has 0 aliphatic carbocycles. The zero-order chi connectivity index (χ0) is 11.4. The van der Waals surface area contributed by atoms with Gasteiger partial charge in [0.2, 0.25) is 5.91 Å². The van der Waals surface area contributed by atoms with Crippen LogP contribution in [0.2, 0.25) is 0 Å². The second kappa shape index (κ2) is 4.83. The fraction of sp³-hybridized carbons (Fsp3) is 0.500. The molecule has 3 N–H and O–H groups in total. The van der Waals surface area contributed by atoms with E-state index in [4.69, 9.17) is 5.73 Å². The molecule has 15 heavy (non-hydrogen) atoms. The zero-order valence-corrected chi connectivity index (χ0v) is 8.15. The molecule has 1 heterocycles. The molecule has 0 spiro atoms. The van der Waals surface area contributed by atoms with E-state index in [1.807, 2.05) is 0 Å². The van der Waals surface area contributed by atoms with Crippen LogP contribution in [0.1, 0.15) is 6.92 Å². The molecular weight excluding hydrogens is 206 g/mol. The van der Waals surface area contributed by atoms with Gasteiger partial charge in [0.25, 0.3) is 6.43 Å². The Balaban J connectivity index is 2.56. The Labute approximate surface area is 85.2 Å². The first kappa shape index (κ1) is 11.6. The highest BCUT2D eigenvalue weighted by molar-refractivity contribution is 5.94. The Kier molecular flexibility index (Phi) is 3.73. The topological polar surface area (TPSA) is 72.9 Å². The third-order valence-electron chi connectivity index (χ3n) is 1.64. The molecule has 1 amide bonds. The van der Waals surface area contributed by atoms with Gasteiger partial charge in [-0.1, -0.05) is 0 Å². The summed E-state index contributed by atoms with van der Waals surface area (Å²) in [5, 5.41) is 6.09. The van der Waals surface area contributed by atoms with Gasteiger partial charge in [-0.15, -0.1) is 0 Å². The molecule has 1 rings (SSSR count). The molecule has 0 saturated carbocycles. The van der Waals surface area contributed by atoms with Crippen LogP contribution in [0.3, 0.4) is 0 Å². The van der Waals surface area contributed by atoms with Crippen molar-refractivity contribution in [2.24, 2.45) is 5.73 Å². The summed E-state index contributed by atoms with van der Waals surface area (Å²) < 4.78 is 25.0. The van der Waals surface area contributed by atoms with E-state index in [1.54, 1.807) is 0 Å². The Morgan fingerprint density at radius 3 is 2.93 bits per heavy atom. The Morgan fingerprint density at radius 2 is 2.40 bits per heavy atom. The summed E-state index contributed by atoms with van der Waals surface area (Å²) in [4.78, 5) is 11.1. The summed E-state index contributed by atoms with van der Waals surface area (Å²) in [5.74, 6) is -0.383. The molecule has 0 fully saturated rings. The number of alkyl halides is 2. The van der Waals surface area contributed by atoms with Crippen molar-refractivity contribution in [1.29, 1.82) is 0 Å². The smallest absolute Gasteiger partial charge is 0.257 e. The molecule has 1 aromatic rings. The summed E-state index contributed by atoms with van der Waals surface area (Å²) in [6, 6.07) is -0.650. The standard InChI is InChI=1S/C8H12F2N4O/c1-5(11)8(15)13-6-2-12-14(3-6)4-7(9)10/h2-3,5,7H,4,11H2,1H3,(H,13,15)/t5-/m0/s1. The molecule has 1 atom stereocenters. The molecule has 0 aliphatic rings. The number of carbonyl (C=O) groups is 1. The number of hydrogen-bond donors (Lipinski definition) is 2. The van der Waals surface area contributed by atoms with Crippen LogP contribution >= 0.6 is 0 Å². The van der Waals surface area contributed by atoms with Gasteiger partial charge in [0.15, 0.2) is 0 Å². The number of anilines is 1. The van der Waals surface area contributed by atoms with E-state index in [0.717, 1.165) is 4.68 Å². The molecule has 5 nitrogen and oxygen atoms in total. The number of nitrogens with zero attached hydrogens (tertiary/aromatic N) is 2. The van der Waals surface area contributed by atoms with Crippen molar-refractivity contribution in [3.05, 3.63) is 12.4 Å². The van der Waals surface area contributed by atoms with Gasteiger partial charge in [0.05, 0.1) is 17.9 Å². The quantitative estimate of drug-likeness (QED) is 0.769. The van der Waals surface area contributed by atoms with E-state index in [9.17, 15) is 13.6 Å². The molecule has 0 unspecified atom stereocenters. The molecule has 84 valence electrons. The van der Waals surface area contributed by atoms with Crippen molar-refractivity contribution >= 4 is 11.6 Å². The van der Waals surface area contributed by atoms with Crippen LogP contribution in [0, 0.1) is 0 Å². The Morgan fingerprint density at radius 1 is 1.73 bits per heavy atom. The van der Waals surface area contributed by atoms with Gasteiger partial charge in [0, 0.05) is 6.20 Å². The Hall–Kier alpha value is -1.50. The van der Waals surface area contributed by atoms with Crippen molar-refractivity contribution in [2.45, 2.75) is 25.9 Å². The van der Waals surface area contributed by atoms with E-state index >= 15 is 0 Å². The van der Waals surface area contributed by atoms with Gasteiger partial charge in [-0.2, -0.15) is 5.10 Å². The number of hydrogen-bond acceptors (Lipinski definition) is 3. The zero-order valence-electron chi connectivity index (χ0n) is 8.15. The third-order valence-corrected chi connectivity index (χ3v) is 1.64. The van der Waals surface area contributed by atoms with Crippen LogP contribution in [-0.2, 0) is 11.3 Å². The minimum absolute atomic E-state index is 0.359. The van der Waals surface area contributed by atoms with E-state index in [-0.39, 0.29) is 5.91 Å². The molecular formula is C8H12F2N4O. The van der Waals surface area contributed by atoms with Crippen molar-refractivity contribution in [3.8, 4) is 0 Å². The number of aromatic nitrogens is 2. The molecule has 0 saturated heterocycles. The largest absolute Gasteiger partial charge is 0.322 e. The highest BCUT2D eigenvalue weighted by Gasteiger charge is 2.10. The van der Waals surface area contributed by atoms with Gasteiger partial charge < -0.3 is 11.1 Å². The first-order valence-corrected chi connectivity index (χ1v) is 4.36. The lowest BCUT2D eigenvalue weighted by atomic mass is 10.3. The third kappa shape index (κ3) is 3.62. The van der Waals surface area contributed by atoms with Crippen LogP contribution in [0.5, 0.6) is 0 Å². The van der Waals surface area contributed by atoms with E-state index in [1.165, 1.54) is 19.3 Å². The number of halogens is 2. The lowest BCUT2D eigenvalue weighted by Gasteiger charge is -2.04. The molecule has 0 bridgehead atoms. The van der Waals surface area contributed by atoms with E-state index in [0.29, 0.717) is 5.69 Å². The Bertz CT molecular complexity index is 337. The van der Waals surface area contributed by atoms with Crippen LogP contribution in [0.4, 0.5) is 14.5 Å². The minimum atomic E-state index is -2.47. The lowest BCUT2D eigenvalue weighted by Crippen LogP contribution is -2.32. The highest BCUT2D eigenvalue weighted by atomic mass is 19.3. The molecule has 0 aliphatic heterocycles. The fourth-order valence-corrected chi connectivity index (χ4v) is 0.925. The van der Waals surface area contributed by atoms with Gasteiger partial charge in [-0.3, -0.25) is 9.48 Å². The van der Waals surface area contributed by atoms with Crippen LogP contribution in [-0.4, -0.2) is 28.2 Å². The maximum absolute atomic E-state index is 12.0. The molecule has 1 aromatic heterocycles. The summed E-state index contributed by atoms with van der Waals surface area (Å²) in [6.07, 6.45) is 0.150. The van der Waals surface area contributed by atoms with Gasteiger partial charge >= 0.3 is 0 Å². The first-order chi connectivity index (χ1) is 6.99. The second-order valence-corrected chi connectivity index (χ2v) is 3.12. The van der Waals surface area contributed by atoms with Crippen LogP contribution in [0.25, 0.3) is 0 Å². The number of carbonyl (C=O) groups excluding carboxylic acids is 1. The number of nitrogens with two attached hydrogens (primary N) is 1. The van der Waals surface area contributed by atoms with E-state index < -0.39 is 19.0 Å². The van der Waals surface area contributed by atoms with Crippen LogP contribution < -0.4 is 11.1 Å². The number of amides is 1. The van der Waals surface area contributed by atoms with Crippen molar-refractivity contribution in [1.82, 2.24) is 9.78 Å². The van der Waals surface area contributed by atoms with Crippen molar-refractivity contribution in [2.75, 3.05) is 5.32 Å². The maximum Gasteiger partial charge on any atom is 0.257 e. The highest BCUT2D eigenvalue weighted by Crippen LogP contribution is 2.06. The molecule has 0 aromatic carbocycles. The first-order valence-electron chi connectivity index (χ1n) is 4.36. The lowest BCUT2D eigenvalue weighted by molar-refractivity contribution is -0.117. The summed E-state index contributed by atoms with van der Waals surface area (Å²) in [5.41, 5.74) is 5.67. The fourth-order valence-electron chi connectivity index (χ4n) is 0.925. The minimum Gasteiger partial charge on any atom is -0.322 e. The maximum atomic E-state index is 12.0. The van der Waals surface area contributed by atoms with Crippen LogP contribution in [0.15, 0.2) is 12.4 Å². The monoisotopic (exact) mass is 218 g/mol. The molecule has 7 heteroatoms. The van der Waals surface area contributed by atoms with Crippen molar-refractivity contribution in [3.63, 3.8) is 0 Å². The summed E-state index contributed by atoms with van der Waals surface area (Å²) in [7, 11) is 0. The van der Waals surface area contributed by atoms with Gasteiger partial charge in [0.1, 0.15) is 6.54 Å². The average molecular weight is 218 g/mol. The number of rotatable bonds is 4. The number of nitrogens with one attached hydrogen (secondary N) is 1. The summed E-state index contributed by atoms with van der Waals surface area (Å²) in [6.45, 7) is 1.03. The predicted octanol–water partition coefficient (Wildman–Crippen LogP) is 0.434. The normalized spacial score (nSPS) is 12.9. The van der Waals surface area contributed by atoms with Gasteiger partial charge in [-0.25, -0.2) is 8.78 Å². The summed E-state index contributed by atoms with van der Waals surface area (Å²) >= 11 is 0. The second-order valence-electron chi connectivity index (χ2n) is 3.12.